The Morgan fingerprint density at radius 2 is 2.07 bits per heavy atom. The smallest absolute Gasteiger partial charge is 0.0480 e. The van der Waals surface area contributed by atoms with Crippen molar-refractivity contribution in [3.05, 3.63) is 35.9 Å². The van der Waals surface area contributed by atoms with Gasteiger partial charge in [-0.05, 0) is 5.56 Å². The molecule has 3 heteroatoms. The zero-order chi connectivity index (χ0) is 10.0. The van der Waals surface area contributed by atoms with E-state index in [1.54, 1.807) is 0 Å². The van der Waals surface area contributed by atoms with Gasteiger partial charge in [0.05, 0.1) is 0 Å². The average Bonchev–Trinajstić information content (AvgIpc) is 2.62. The Kier molecular flexibility index (Phi) is 4.14. The average molecular weight is 228 g/mol. The van der Waals surface area contributed by atoms with E-state index in [0.717, 1.165) is 13.1 Å². The van der Waals surface area contributed by atoms with Gasteiger partial charge >= 0.3 is 0 Å². The lowest BCUT2D eigenvalue weighted by Crippen LogP contribution is -2.33. The molecule has 0 amide bonds. The van der Waals surface area contributed by atoms with E-state index in [0.29, 0.717) is 5.92 Å². The quantitative estimate of drug-likeness (QED) is 0.804. The molecule has 2 rings (SSSR count). The summed E-state index contributed by atoms with van der Waals surface area (Å²) in [6.07, 6.45) is 0. The standard InChI is InChI=1S/C12H17NO.ClH/c1-12(9-13-7-11(12)8-14)10-5-3-2-4-6-10;/h2-6,11,13-14H,7-9H2,1H3;1H/t11?,12-;/m0./s1. The Morgan fingerprint density at radius 3 is 2.67 bits per heavy atom. The first kappa shape index (κ1) is 12.5. The van der Waals surface area contributed by atoms with E-state index in [2.05, 4.69) is 36.5 Å². The Hall–Kier alpha value is -0.570. The van der Waals surface area contributed by atoms with Gasteiger partial charge in [-0.25, -0.2) is 0 Å². The van der Waals surface area contributed by atoms with E-state index in [-0.39, 0.29) is 24.4 Å². The van der Waals surface area contributed by atoms with Crippen LogP contribution in [0.3, 0.4) is 0 Å². The van der Waals surface area contributed by atoms with Crippen LogP contribution in [0.5, 0.6) is 0 Å². The molecular weight excluding hydrogens is 210 g/mol. The molecule has 1 saturated heterocycles. The minimum atomic E-state index is 0. The number of hydrogen-bond donors (Lipinski definition) is 2. The SMILES string of the molecule is C[C@@]1(c2ccccc2)CNCC1CO.Cl. The normalized spacial score (nSPS) is 29.9. The lowest BCUT2D eigenvalue weighted by Gasteiger charge is -2.29. The zero-order valence-electron chi connectivity index (χ0n) is 8.94. The second-order valence-electron chi connectivity index (χ2n) is 4.29. The van der Waals surface area contributed by atoms with Crippen LogP contribution in [0.25, 0.3) is 0 Å². The summed E-state index contributed by atoms with van der Waals surface area (Å²) in [6.45, 7) is 4.37. The highest BCUT2D eigenvalue weighted by atomic mass is 35.5. The molecule has 0 radical (unpaired) electrons. The summed E-state index contributed by atoms with van der Waals surface area (Å²) in [5, 5.41) is 12.7. The van der Waals surface area contributed by atoms with Crippen molar-refractivity contribution < 1.29 is 5.11 Å². The molecule has 2 N–H and O–H groups in total. The van der Waals surface area contributed by atoms with Crippen molar-refractivity contribution in [2.24, 2.45) is 5.92 Å². The minimum Gasteiger partial charge on any atom is -0.396 e. The van der Waals surface area contributed by atoms with Crippen LogP contribution in [0, 0.1) is 5.92 Å². The zero-order valence-corrected chi connectivity index (χ0v) is 9.76. The van der Waals surface area contributed by atoms with Crippen molar-refractivity contribution in [2.45, 2.75) is 12.3 Å². The van der Waals surface area contributed by atoms with Gasteiger partial charge in [0.2, 0.25) is 0 Å². The number of halogens is 1. The summed E-state index contributed by atoms with van der Waals surface area (Å²) in [5.74, 6) is 0.338. The van der Waals surface area contributed by atoms with Crippen LogP contribution in [-0.4, -0.2) is 24.8 Å². The molecular formula is C12H18ClNO. The lowest BCUT2D eigenvalue weighted by atomic mass is 9.74. The first-order valence-electron chi connectivity index (χ1n) is 5.14. The molecule has 0 bridgehead atoms. The van der Waals surface area contributed by atoms with E-state index in [1.165, 1.54) is 5.56 Å². The number of rotatable bonds is 2. The second kappa shape index (κ2) is 4.97. The largest absolute Gasteiger partial charge is 0.396 e. The predicted octanol–water partition coefficient (Wildman–Crippen LogP) is 1.58. The lowest BCUT2D eigenvalue weighted by molar-refractivity contribution is 0.193. The van der Waals surface area contributed by atoms with E-state index < -0.39 is 0 Å². The molecule has 2 atom stereocenters. The second-order valence-corrected chi connectivity index (χ2v) is 4.29. The molecule has 2 nitrogen and oxygen atoms in total. The van der Waals surface area contributed by atoms with Gasteiger partial charge in [-0.1, -0.05) is 37.3 Å². The maximum atomic E-state index is 9.32. The van der Waals surface area contributed by atoms with Crippen LogP contribution in [-0.2, 0) is 5.41 Å². The van der Waals surface area contributed by atoms with E-state index >= 15 is 0 Å². The predicted molar refractivity (Wildman–Crippen MR) is 64.5 cm³/mol. The molecule has 1 heterocycles. The van der Waals surface area contributed by atoms with Crippen molar-refractivity contribution in [1.29, 1.82) is 0 Å². The number of aliphatic hydroxyl groups is 1. The third-order valence-corrected chi connectivity index (χ3v) is 3.44. The maximum absolute atomic E-state index is 9.32. The summed E-state index contributed by atoms with van der Waals surface area (Å²) in [7, 11) is 0. The maximum Gasteiger partial charge on any atom is 0.0480 e. The topological polar surface area (TPSA) is 32.3 Å². The van der Waals surface area contributed by atoms with Crippen LogP contribution in [0.1, 0.15) is 12.5 Å². The Bertz CT molecular complexity index is 304. The highest BCUT2D eigenvalue weighted by Gasteiger charge is 2.39. The first-order chi connectivity index (χ1) is 6.77. The summed E-state index contributed by atoms with van der Waals surface area (Å²) < 4.78 is 0. The number of nitrogens with one attached hydrogen (secondary N) is 1. The molecule has 1 aromatic carbocycles. The first-order valence-corrected chi connectivity index (χ1v) is 5.14. The van der Waals surface area contributed by atoms with Crippen molar-refractivity contribution in [1.82, 2.24) is 5.32 Å². The van der Waals surface area contributed by atoms with E-state index in [4.69, 9.17) is 0 Å². The molecule has 1 aromatic rings. The van der Waals surface area contributed by atoms with Crippen molar-refractivity contribution >= 4 is 12.4 Å². The summed E-state index contributed by atoms with van der Waals surface area (Å²) in [4.78, 5) is 0. The van der Waals surface area contributed by atoms with Crippen molar-refractivity contribution in [2.75, 3.05) is 19.7 Å². The Morgan fingerprint density at radius 1 is 1.40 bits per heavy atom. The fourth-order valence-electron chi connectivity index (χ4n) is 2.30. The van der Waals surface area contributed by atoms with Gasteiger partial charge in [0.25, 0.3) is 0 Å². The number of benzene rings is 1. The molecule has 0 aliphatic carbocycles. The van der Waals surface area contributed by atoms with Crippen LogP contribution in [0.2, 0.25) is 0 Å². The molecule has 84 valence electrons. The van der Waals surface area contributed by atoms with Gasteiger partial charge in [-0.2, -0.15) is 0 Å². The third kappa shape index (κ3) is 2.17. The minimum absolute atomic E-state index is 0. The van der Waals surface area contributed by atoms with Crippen LogP contribution < -0.4 is 5.32 Å². The molecule has 15 heavy (non-hydrogen) atoms. The summed E-state index contributed by atoms with van der Waals surface area (Å²) in [6, 6.07) is 10.5. The van der Waals surface area contributed by atoms with E-state index in [1.807, 2.05) is 6.07 Å². The van der Waals surface area contributed by atoms with Gasteiger partial charge < -0.3 is 10.4 Å². The Labute approximate surface area is 97.1 Å². The highest BCUT2D eigenvalue weighted by molar-refractivity contribution is 5.85. The summed E-state index contributed by atoms with van der Waals surface area (Å²) in [5.41, 5.74) is 1.42. The molecule has 1 aliphatic heterocycles. The van der Waals surface area contributed by atoms with E-state index in [9.17, 15) is 5.11 Å². The fraction of sp³-hybridized carbons (Fsp3) is 0.500. The van der Waals surface area contributed by atoms with Gasteiger partial charge in [-0.15, -0.1) is 12.4 Å². The highest BCUT2D eigenvalue weighted by Crippen LogP contribution is 2.34. The molecule has 0 saturated carbocycles. The van der Waals surface area contributed by atoms with Gasteiger partial charge in [0.15, 0.2) is 0 Å². The van der Waals surface area contributed by atoms with Gasteiger partial charge in [-0.3, -0.25) is 0 Å². The molecule has 1 aliphatic rings. The fourth-order valence-corrected chi connectivity index (χ4v) is 2.30. The van der Waals surface area contributed by atoms with Gasteiger partial charge in [0, 0.05) is 31.0 Å². The number of aliphatic hydroxyl groups excluding tert-OH is 1. The number of hydrogen-bond acceptors (Lipinski definition) is 2. The summed E-state index contributed by atoms with van der Waals surface area (Å²) >= 11 is 0. The van der Waals surface area contributed by atoms with Crippen LogP contribution >= 0.6 is 12.4 Å². The molecule has 0 spiro atoms. The monoisotopic (exact) mass is 227 g/mol. The molecule has 1 unspecified atom stereocenters. The van der Waals surface area contributed by atoms with Crippen molar-refractivity contribution in [3.63, 3.8) is 0 Å². The van der Waals surface area contributed by atoms with Crippen LogP contribution in [0.15, 0.2) is 30.3 Å². The van der Waals surface area contributed by atoms with Crippen LogP contribution in [0.4, 0.5) is 0 Å². The van der Waals surface area contributed by atoms with Crippen molar-refractivity contribution in [3.8, 4) is 0 Å². The molecule has 0 aromatic heterocycles. The van der Waals surface area contributed by atoms with Gasteiger partial charge in [0.1, 0.15) is 0 Å². The third-order valence-electron chi connectivity index (χ3n) is 3.44. The Balaban J connectivity index is 0.00000112. The molecule has 1 fully saturated rings.